The van der Waals surface area contributed by atoms with Crippen molar-refractivity contribution < 1.29 is 42.8 Å². The number of benzene rings is 1. The number of rotatable bonds is 6. The Morgan fingerprint density at radius 2 is 2.00 bits per heavy atom. The van der Waals surface area contributed by atoms with Gasteiger partial charge < -0.3 is 33.7 Å². The number of amides is 1. The molecule has 1 N–H and O–H groups in total. The Balaban J connectivity index is 1.52. The Kier molecular flexibility index (Phi) is 7.00. The van der Waals surface area contributed by atoms with Crippen LogP contribution in [0.4, 0.5) is 0 Å². The molecular weight excluding hydrogens is 448 g/mol. The first kappa shape index (κ1) is 23.1. The zero-order valence-corrected chi connectivity index (χ0v) is 18.7. The number of carbonyl (C=O) groups is 3. The molecule has 1 aromatic carbocycles. The molecule has 0 aliphatic carbocycles. The summed E-state index contributed by atoms with van der Waals surface area (Å²) in [5, 5.41) is 2.52. The first-order chi connectivity index (χ1) is 16.4. The van der Waals surface area contributed by atoms with Crippen molar-refractivity contribution in [2.75, 3.05) is 20.5 Å². The highest BCUT2D eigenvalue weighted by Gasteiger charge is 2.30. The number of nitrogens with one attached hydrogen (secondary N) is 1. The zero-order chi connectivity index (χ0) is 24.1. The summed E-state index contributed by atoms with van der Waals surface area (Å²) in [6, 6.07) is 5.68. The van der Waals surface area contributed by atoms with E-state index in [1.54, 1.807) is 31.2 Å². The lowest BCUT2D eigenvalue weighted by Crippen LogP contribution is -2.46. The van der Waals surface area contributed by atoms with Crippen LogP contribution in [0.1, 0.15) is 35.8 Å². The maximum atomic E-state index is 13.1. The van der Waals surface area contributed by atoms with E-state index in [-0.39, 0.29) is 43.6 Å². The Hall–Kier alpha value is -4.02. The number of carbonyl (C=O) groups excluding carboxylic acids is 3. The van der Waals surface area contributed by atoms with E-state index < -0.39 is 30.0 Å². The van der Waals surface area contributed by atoms with E-state index in [4.69, 9.17) is 28.4 Å². The molecule has 1 aromatic heterocycles. The van der Waals surface area contributed by atoms with Crippen molar-refractivity contribution in [3.05, 3.63) is 41.7 Å². The van der Waals surface area contributed by atoms with Gasteiger partial charge >= 0.3 is 11.9 Å². The number of ether oxygens (including phenoxy) is 6. The Bertz CT molecular complexity index is 1090. The number of aromatic nitrogens is 1. The number of methoxy groups -OCH3 is 1. The molecule has 11 heteroatoms. The largest absolute Gasteiger partial charge is 0.493 e. The second-order valence-electron chi connectivity index (χ2n) is 7.66. The van der Waals surface area contributed by atoms with E-state index in [0.717, 1.165) is 5.56 Å². The lowest BCUT2D eigenvalue weighted by molar-refractivity contribution is -0.152. The molecule has 0 radical (unpaired) electrons. The van der Waals surface area contributed by atoms with Crippen LogP contribution in [0.25, 0.3) is 0 Å². The van der Waals surface area contributed by atoms with E-state index in [0.29, 0.717) is 17.9 Å². The molecule has 2 aromatic rings. The molecule has 34 heavy (non-hydrogen) atoms. The highest BCUT2D eigenvalue weighted by atomic mass is 16.7. The number of nitrogens with zero attached hydrogens (tertiary/aromatic N) is 1. The Labute approximate surface area is 195 Å². The second-order valence-corrected chi connectivity index (χ2v) is 7.66. The van der Waals surface area contributed by atoms with E-state index in [1.807, 2.05) is 0 Å². The monoisotopic (exact) mass is 472 g/mol. The minimum Gasteiger partial charge on any atom is -0.493 e. The van der Waals surface area contributed by atoms with Crippen LogP contribution in [0.2, 0.25) is 0 Å². The third-order valence-electron chi connectivity index (χ3n) is 5.20. The van der Waals surface area contributed by atoms with Gasteiger partial charge in [0.15, 0.2) is 34.7 Å². The lowest BCUT2D eigenvalue weighted by atomic mass is 10.2. The molecule has 1 amide bonds. The van der Waals surface area contributed by atoms with Gasteiger partial charge in [0.2, 0.25) is 6.79 Å². The Morgan fingerprint density at radius 3 is 2.82 bits per heavy atom. The predicted octanol–water partition coefficient (Wildman–Crippen LogP) is 1.76. The summed E-state index contributed by atoms with van der Waals surface area (Å²) in [4.78, 5) is 41.5. The molecule has 1 saturated heterocycles. The molecular formula is C23H24N2O9. The minimum atomic E-state index is -1.20. The van der Waals surface area contributed by atoms with Crippen molar-refractivity contribution in [2.24, 2.45) is 0 Å². The normalized spacial score (nSPS) is 19.7. The summed E-state index contributed by atoms with van der Waals surface area (Å²) in [5.74, 6) is -0.304. The van der Waals surface area contributed by atoms with Crippen molar-refractivity contribution in [3.8, 4) is 23.0 Å². The maximum Gasteiger partial charge on any atom is 0.332 e. The van der Waals surface area contributed by atoms with Gasteiger partial charge in [-0.3, -0.25) is 9.59 Å². The molecule has 180 valence electrons. The zero-order valence-electron chi connectivity index (χ0n) is 18.7. The first-order valence-corrected chi connectivity index (χ1v) is 10.7. The lowest BCUT2D eigenvalue weighted by Gasteiger charge is -2.19. The maximum absolute atomic E-state index is 13.1. The fourth-order valence-electron chi connectivity index (χ4n) is 3.38. The molecule has 2 aliphatic rings. The number of fused-ring (bicyclic) bond motifs is 1. The van der Waals surface area contributed by atoms with Crippen LogP contribution in [0.15, 0.2) is 30.5 Å². The molecule has 2 aliphatic heterocycles. The summed E-state index contributed by atoms with van der Waals surface area (Å²) < 4.78 is 32.3. The average Bonchev–Trinajstić information content (AvgIpc) is 3.32. The van der Waals surface area contributed by atoms with Crippen LogP contribution < -0.4 is 24.3 Å². The van der Waals surface area contributed by atoms with Crippen LogP contribution in [-0.2, 0) is 25.7 Å². The van der Waals surface area contributed by atoms with Crippen molar-refractivity contribution >= 4 is 17.8 Å². The highest BCUT2D eigenvalue weighted by molar-refractivity contribution is 5.98. The number of hydrogen-bond donors (Lipinski definition) is 1. The molecule has 0 saturated carbocycles. The van der Waals surface area contributed by atoms with Gasteiger partial charge in [-0.25, -0.2) is 9.78 Å². The predicted molar refractivity (Wildman–Crippen MR) is 115 cm³/mol. The number of hydrogen-bond acceptors (Lipinski definition) is 10. The molecule has 0 spiro atoms. The summed E-state index contributed by atoms with van der Waals surface area (Å²) >= 11 is 0. The van der Waals surface area contributed by atoms with Crippen molar-refractivity contribution in [1.29, 1.82) is 0 Å². The topological polar surface area (TPSA) is 132 Å². The van der Waals surface area contributed by atoms with Crippen LogP contribution in [0.3, 0.4) is 0 Å². The third-order valence-corrected chi connectivity index (χ3v) is 5.20. The quantitative estimate of drug-likeness (QED) is 0.621. The first-order valence-electron chi connectivity index (χ1n) is 10.7. The van der Waals surface area contributed by atoms with E-state index in [2.05, 4.69) is 10.3 Å². The second kappa shape index (κ2) is 10.3. The minimum absolute atomic E-state index is 0.0829. The molecule has 3 heterocycles. The summed E-state index contributed by atoms with van der Waals surface area (Å²) in [6.07, 6.45) is 1.34. The van der Waals surface area contributed by atoms with E-state index >= 15 is 0 Å². The van der Waals surface area contributed by atoms with Gasteiger partial charge in [-0.2, -0.15) is 0 Å². The standard InChI is InChI=1S/C23H24N2O9/c1-13-3-6-19(26)30-11-15(23(28)34-13)25-22(27)20-21(17(29-2)7-8-24-20)31-10-14-4-5-16-18(9-14)33-12-32-16/h4-5,7-9,13,15H,3,6,10-12H2,1-2H3,(H,25,27)/t13-,15-/m0/s1. The molecule has 0 bridgehead atoms. The number of pyridine rings is 1. The van der Waals surface area contributed by atoms with E-state index in [1.165, 1.54) is 13.3 Å². The van der Waals surface area contributed by atoms with Gasteiger partial charge in [0.1, 0.15) is 13.2 Å². The van der Waals surface area contributed by atoms with Gasteiger partial charge in [0.05, 0.1) is 13.2 Å². The molecule has 2 atom stereocenters. The van der Waals surface area contributed by atoms with Crippen LogP contribution in [-0.4, -0.2) is 55.5 Å². The molecule has 0 unspecified atom stereocenters. The number of esters is 2. The molecule has 11 nitrogen and oxygen atoms in total. The highest BCUT2D eigenvalue weighted by Crippen LogP contribution is 2.34. The van der Waals surface area contributed by atoms with Crippen molar-refractivity contribution in [3.63, 3.8) is 0 Å². The third kappa shape index (κ3) is 5.30. The molecule has 1 fully saturated rings. The SMILES string of the molecule is COc1ccnc(C(=O)N[C@H]2COC(=O)CC[C@H](C)OC2=O)c1OCc1ccc2c(c1)OCO2. The van der Waals surface area contributed by atoms with Crippen LogP contribution in [0, 0.1) is 0 Å². The fraction of sp³-hybridized carbons (Fsp3) is 0.391. The van der Waals surface area contributed by atoms with E-state index in [9.17, 15) is 14.4 Å². The van der Waals surface area contributed by atoms with Crippen LogP contribution in [0.5, 0.6) is 23.0 Å². The van der Waals surface area contributed by atoms with Gasteiger partial charge in [0.25, 0.3) is 5.91 Å². The Morgan fingerprint density at radius 1 is 1.18 bits per heavy atom. The van der Waals surface area contributed by atoms with Crippen molar-refractivity contribution in [2.45, 2.75) is 38.5 Å². The molecule has 4 rings (SSSR count). The summed E-state index contributed by atoms with van der Waals surface area (Å²) in [6.45, 7) is 1.55. The fourth-order valence-corrected chi connectivity index (χ4v) is 3.38. The van der Waals surface area contributed by atoms with Crippen molar-refractivity contribution in [1.82, 2.24) is 10.3 Å². The van der Waals surface area contributed by atoms with Gasteiger partial charge in [-0.05, 0) is 31.0 Å². The summed E-state index contributed by atoms with van der Waals surface area (Å²) in [5.41, 5.74) is 0.661. The van der Waals surface area contributed by atoms with Gasteiger partial charge in [-0.15, -0.1) is 0 Å². The van der Waals surface area contributed by atoms with Gasteiger partial charge in [0, 0.05) is 18.7 Å². The average molecular weight is 472 g/mol. The van der Waals surface area contributed by atoms with Crippen LogP contribution >= 0.6 is 0 Å². The van der Waals surface area contributed by atoms with Gasteiger partial charge in [-0.1, -0.05) is 6.07 Å². The summed E-state index contributed by atoms with van der Waals surface area (Å²) in [7, 11) is 1.43. The number of cyclic esters (lactones) is 2. The smallest absolute Gasteiger partial charge is 0.332 e.